The fourth-order valence-corrected chi connectivity index (χ4v) is 2.61. The molecule has 0 aliphatic carbocycles. The van der Waals surface area contributed by atoms with Crippen LogP contribution in [0.2, 0.25) is 10.0 Å². The molecule has 2 rings (SSSR count). The molecule has 1 aromatic heterocycles. The number of nitrogens with zero attached hydrogens (tertiary/aromatic N) is 4. The second-order valence-electron chi connectivity index (χ2n) is 5.03. The summed E-state index contributed by atoms with van der Waals surface area (Å²) in [6, 6.07) is 3.69. The van der Waals surface area contributed by atoms with E-state index in [1.165, 1.54) is 0 Å². The Labute approximate surface area is 128 Å². The van der Waals surface area contributed by atoms with Crippen LogP contribution in [0.1, 0.15) is 33.2 Å². The van der Waals surface area contributed by atoms with Crippen molar-refractivity contribution >= 4 is 28.9 Å². The van der Waals surface area contributed by atoms with Crippen molar-refractivity contribution in [1.29, 1.82) is 0 Å². The van der Waals surface area contributed by atoms with Gasteiger partial charge in [-0.15, -0.1) is 5.10 Å². The van der Waals surface area contributed by atoms with Crippen LogP contribution in [0.3, 0.4) is 0 Å². The highest BCUT2D eigenvalue weighted by molar-refractivity contribution is 6.43. The van der Waals surface area contributed by atoms with Crippen LogP contribution in [0.4, 0.5) is 5.69 Å². The molecular weight excluding hydrogens is 297 g/mol. The zero-order valence-electron chi connectivity index (χ0n) is 11.6. The van der Waals surface area contributed by atoms with Crippen LogP contribution in [-0.2, 0) is 0 Å². The lowest BCUT2D eigenvalue weighted by Gasteiger charge is -2.20. The monoisotopic (exact) mass is 313 g/mol. The molecule has 0 fully saturated rings. The molecule has 0 spiro atoms. The molecular formula is C13H17Cl2N5. The van der Waals surface area contributed by atoms with E-state index in [4.69, 9.17) is 28.9 Å². The fourth-order valence-electron chi connectivity index (χ4n) is 2.27. The van der Waals surface area contributed by atoms with Crippen LogP contribution in [-0.4, -0.2) is 20.2 Å². The van der Waals surface area contributed by atoms with Crippen LogP contribution in [0.5, 0.6) is 0 Å². The molecule has 0 amide bonds. The normalized spacial score (nSPS) is 12.9. The average molecular weight is 314 g/mol. The molecule has 5 nitrogen and oxygen atoms in total. The largest absolute Gasteiger partial charge is 0.397 e. The SMILES string of the molecule is CCC(C(C)C)n1nnnc1-c1cc(N)c(Cl)c(Cl)c1. The molecule has 7 heteroatoms. The predicted octanol–water partition coefficient (Wildman–Crippen LogP) is 3.84. The van der Waals surface area contributed by atoms with E-state index in [0.29, 0.717) is 27.5 Å². The smallest absolute Gasteiger partial charge is 0.182 e. The molecule has 0 bridgehead atoms. The number of hydrogen-bond acceptors (Lipinski definition) is 4. The lowest BCUT2D eigenvalue weighted by atomic mass is 10.0. The van der Waals surface area contributed by atoms with Crippen LogP contribution < -0.4 is 5.73 Å². The predicted molar refractivity (Wildman–Crippen MR) is 81.9 cm³/mol. The minimum atomic E-state index is 0.218. The fraction of sp³-hybridized carbons (Fsp3) is 0.462. The van der Waals surface area contributed by atoms with Gasteiger partial charge in [-0.05, 0) is 34.9 Å². The summed E-state index contributed by atoms with van der Waals surface area (Å²) in [5.41, 5.74) is 7.03. The first kappa shape index (κ1) is 15.1. The van der Waals surface area contributed by atoms with E-state index in [9.17, 15) is 0 Å². The number of aromatic nitrogens is 4. The number of anilines is 1. The Morgan fingerprint density at radius 2 is 2.00 bits per heavy atom. The molecule has 2 N–H and O–H groups in total. The lowest BCUT2D eigenvalue weighted by Crippen LogP contribution is -2.17. The molecule has 20 heavy (non-hydrogen) atoms. The Morgan fingerprint density at radius 3 is 2.55 bits per heavy atom. The van der Waals surface area contributed by atoms with E-state index in [1.807, 2.05) is 4.68 Å². The first-order chi connectivity index (χ1) is 9.45. The Balaban J connectivity index is 2.52. The summed E-state index contributed by atoms with van der Waals surface area (Å²) in [7, 11) is 0. The van der Waals surface area contributed by atoms with Gasteiger partial charge in [-0.2, -0.15) is 0 Å². The maximum absolute atomic E-state index is 6.07. The maximum atomic E-state index is 6.07. The van der Waals surface area contributed by atoms with E-state index in [0.717, 1.165) is 12.0 Å². The molecule has 1 aromatic carbocycles. The third-order valence-electron chi connectivity index (χ3n) is 3.31. The summed E-state index contributed by atoms with van der Waals surface area (Å²) in [6.07, 6.45) is 0.937. The number of tetrazole rings is 1. The van der Waals surface area contributed by atoms with Gasteiger partial charge in [-0.1, -0.05) is 44.0 Å². The zero-order chi connectivity index (χ0) is 14.9. The molecule has 1 unspecified atom stereocenters. The van der Waals surface area contributed by atoms with Crippen molar-refractivity contribution in [3.63, 3.8) is 0 Å². The van der Waals surface area contributed by atoms with E-state index in [1.54, 1.807) is 12.1 Å². The van der Waals surface area contributed by atoms with Crippen LogP contribution in [0.25, 0.3) is 11.4 Å². The number of nitrogen functional groups attached to an aromatic ring is 1. The Morgan fingerprint density at radius 1 is 1.30 bits per heavy atom. The average Bonchev–Trinajstić information content (AvgIpc) is 2.85. The molecule has 0 aliphatic rings. The second-order valence-corrected chi connectivity index (χ2v) is 5.81. The lowest BCUT2D eigenvalue weighted by molar-refractivity contribution is 0.333. The van der Waals surface area contributed by atoms with Crippen molar-refractivity contribution < 1.29 is 0 Å². The standard InChI is InChI=1S/C13H17Cl2N5/c1-4-11(7(2)3)20-13(17-18-19-20)8-5-9(14)12(15)10(16)6-8/h5-7,11H,4,16H2,1-3H3. The van der Waals surface area contributed by atoms with Gasteiger partial charge in [0.2, 0.25) is 0 Å². The van der Waals surface area contributed by atoms with Gasteiger partial charge >= 0.3 is 0 Å². The molecule has 0 radical (unpaired) electrons. The third kappa shape index (κ3) is 2.74. The van der Waals surface area contributed by atoms with E-state index in [2.05, 4.69) is 36.3 Å². The number of hydrogen-bond donors (Lipinski definition) is 1. The Bertz CT molecular complexity index is 586. The number of halogens is 2. The number of benzene rings is 1. The van der Waals surface area contributed by atoms with Crippen molar-refractivity contribution in [2.45, 2.75) is 33.2 Å². The first-order valence-corrected chi connectivity index (χ1v) is 7.24. The highest BCUT2D eigenvalue weighted by Crippen LogP contribution is 2.34. The summed E-state index contributed by atoms with van der Waals surface area (Å²) in [4.78, 5) is 0. The van der Waals surface area contributed by atoms with Crippen molar-refractivity contribution in [2.75, 3.05) is 5.73 Å². The van der Waals surface area contributed by atoms with Gasteiger partial charge in [-0.25, -0.2) is 4.68 Å². The van der Waals surface area contributed by atoms with E-state index >= 15 is 0 Å². The molecule has 0 saturated carbocycles. The maximum Gasteiger partial charge on any atom is 0.182 e. The van der Waals surface area contributed by atoms with Gasteiger partial charge in [-0.3, -0.25) is 0 Å². The molecule has 2 aromatic rings. The molecule has 1 heterocycles. The highest BCUT2D eigenvalue weighted by atomic mass is 35.5. The third-order valence-corrected chi connectivity index (χ3v) is 4.13. The van der Waals surface area contributed by atoms with Gasteiger partial charge in [0.05, 0.1) is 21.8 Å². The van der Waals surface area contributed by atoms with Crippen molar-refractivity contribution in [2.24, 2.45) is 5.92 Å². The summed E-state index contributed by atoms with van der Waals surface area (Å²) < 4.78 is 1.82. The zero-order valence-corrected chi connectivity index (χ0v) is 13.2. The Kier molecular flexibility index (Phi) is 4.50. The quantitative estimate of drug-likeness (QED) is 0.871. The molecule has 1 atom stereocenters. The minimum Gasteiger partial charge on any atom is -0.397 e. The van der Waals surface area contributed by atoms with Gasteiger partial charge in [0, 0.05) is 5.56 Å². The van der Waals surface area contributed by atoms with Crippen molar-refractivity contribution in [1.82, 2.24) is 20.2 Å². The number of nitrogens with two attached hydrogens (primary N) is 1. The number of rotatable bonds is 4. The van der Waals surface area contributed by atoms with Crippen LogP contribution in [0, 0.1) is 5.92 Å². The summed E-state index contributed by atoms with van der Waals surface area (Å²) in [5.74, 6) is 1.07. The second kappa shape index (κ2) is 5.97. The summed E-state index contributed by atoms with van der Waals surface area (Å²) >= 11 is 12.1. The van der Waals surface area contributed by atoms with Crippen LogP contribution >= 0.6 is 23.2 Å². The van der Waals surface area contributed by atoms with Gasteiger partial charge in [0.25, 0.3) is 0 Å². The van der Waals surface area contributed by atoms with E-state index in [-0.39, 0.29) is 6.04 Å². The summed E-state index contributed by atoms with van der Waals surface area (Å²) in [6.45, 7) is 6.39. The molecule has 0 saturated heterocycles. The summed E-state index contributed by atoms with van der Waals surface area (Å²) in [5, 5.41) is 12.7. The Hall–Kier alpha value is -1.33. The first-order valence-electron chi connectivity index (χ1n) is 6.48. The van der Waals surface area contributed by atoms with Gasteiger partial charge in [0.15, 0.2) is 5.82 Å². The molecule has 108 valence electrons. The van der Waals surface area contributed by atoms with Crippen LogP contribution in [0.15, 0.2) is 12.1 Å². The molecule has 0 aliphatic heterocycles. The van der Waals surface area contributed by atoms with Crippen molar-refractivity contribution in [3.8, 4) is 11.4 Å². The minimum absolute atomic E-state index is 0.218. The van der Waals surface area contributed by atoms with Gasteiger partial charge in [0.1, 0.15) is 0 Å². The van der Waals surface area contributed by atoms with Gasteiger partial charge < -0.3 is 5.73 Å². The topological polar surface area (TPSA) is 69.6 Å². The van der Waals surface area contributed by atoms with Crippen molar-refractivity contribution in [3.05, 3.63) is 22.2 Å². The van der Waals surface area contributed by atoms with E-state index < -0.39 is 0 Å². The highest BCUT2D eigenvalue weighted by Gasteiger charge is 2.21.